The van der Waals surface area contributed by atoms with Gasteiger partial charge >= 0.3 is 0 Å². The first-order chi connectivity index (χ1) is 14.6. The Morgan fingerprint density at radius 3 is 2.52 bits per heavy atom. The van der Waals surface area contributed by atoms with Crippen molar-refractivity contribution in [3.63, 3.8) is 0 Å². The molecular formula is C23H30IN5O2. The Labute approximate surface area is 200 Å². The maximum atomic E-state index is 5.49. The highest BCUT2D eigenvalue weighted by Gasteiger charge is 2.22. The number of nitrogens with zero attached hydrogens (tertiary/aromatic N) is 4. The molecule has 0 saturated heterocycles. The van der Waals surface area contributed by atoms with Crippen LogP contribution in [0.25, 0.3) is 11.0 Å². The van der Waals surface area contributed by atoms with E-state index in [1.165, 1.54) is 11.1 Å². The van der Waals surface area contributed by atoms with Crippen molar-refractivity contribution in [3.05, 3.63) is 53.3 Å². The van der Waals surface area contributed by atoms with Gasteiger partial charge in [-0.25, -0.2) is 9.98 Å². The van der Waals surface area contributed by atoms with E-state index in [1.807, 2.05) is 25.2 Å². The van der Waals surface area contributed by atoms with E-state index in [1.54, 1.807) is 14.2 Å². The number of ether oxygens (including phenoxy) is 2. The Morgan fingerprint density at radius 1 is 1.13 bits per heavy atom. The van der Waals surface area contributed by atoms with E-state index in [2.05, 4.69) is 39.9 Å². The number of hydrogen-bond acceptors (Lipinski definition) is 4. The molecule has 0 bridgehead atoms. The molecule has 1 N–H and O–H groups in total. The number of rotatable bonds is 5. The molecule has 0 fully saturated rings. The average molecular weight is 535 g/mol. The number of aromatic nitrogens is 2. The van der Waals surface area contributed by atoms with Gasteiger partial charge in [0.25, 0.3) is 0 Å². The molecule has 0 atom stereocenters. The predicted molar refractivity (Wildman–Crippen MR) is 135 cm³/mol. The van der Waals surface area contributed by atoms with Gasteiger partial charge in [-0.05, 0) is 48.7 Å². The minimum atomic E-state index is 0. The van der Waals surface area contributed by atoms with Crippen LogP contribution in [0.15, 0.2) is 41.4 Å². The number of methoxy groups -OCH3 is 2. The maximum Gasteiger partial charge on any atom is 0.194 e. The van der Waals surface area contributed by atoms with E-state index in [0.29, 0.717) is 6.54 Å². The summed E-state index contributed by atoms with van der Waals surface area (Å²) < 4.78 is 13.1. The summed E-state index contributed by atoms with van der Waals surface area (Å²) in [5.74, 6) is 3.41. The number of fused-ring (bicyclic) bond motifs is 2. The SMILES string of the molecule is CCNC(=NCc1nc2ccccc2n1C)N1CCc2cc(OC)c(OC)cc2C1.I. The number of hydrogen-bond donors (Lipinski definition) is 1. The van der Waals surface area contributed by atoms with E-state index >= 15 is 0 Å². The van der Waals surface area contributed by atoms with Gasteiger partial charge in [-0.15, -0.1) is 24.0 Å². The maximum absolute atomic E-state index is 5.49. The summed E-state index contributed by atoms with van der Waals surface area (Å²) in [4.78, 5) is 11.9. The third kappa shape index (κ3) is 4.73. The molecule has 1 aliphatic rings. The largest absolute Gasteiger partial charge is 0.493 e. The van der Waals surface area contributed by atoms with Crippen molar-refractivity contribution in [2.75, 3.05) is 27.3 Å². The normalized spacial score (nSPS) is 13.5. The summed E-state index contributed by atoms with van der Waals surface area (Å²) in [6.07, 6.45) is 0.937. The fourth-order valence-electron chi connectivity index (χ4n) is 3.97. The molecule has 1 aromatic heterocycles. The van der Waals surface area contributed by atoms with Crippen LogP contribution in [0.4, 0.5) is 0 Å². The van der Waals surface area contributed by atoms with Crippen LogP contribution >= 0.6 is 24.0 Å². The number of benzene rings is 2. The Bertz CT molecular complexity index is 1080. The summed E-state index contributed by atoms with van der Waals surface area (Å²) in [6, 6.07) is 12.3. The van der Waals surface area contributed by atoms with Gasteiger partial charge in [0.2, 0.25) is 0 Å². The van der Waals surface area contributed by atoms with Crippen molar-refractivity contribution in [3.8, 4) is 11.5 Å². The summed E-state index contributed by atoms with van der Waals surface area (Å²) in [6.45, 7) is 5.12. The molecule has 1 aliphatic heterocycles. The molecule has 0 spiro atoms. The highest BCUT2D eigenvalue weighted by molar-refractivity contribution is 14.0. The molecule has 7 nitrogen and oxygen atoms in total. The zero-order valence-electron chi connectivity index (χ0n) is 18.5. The number of imidazole rings is 1. The zero-order chi connectivity index (χ0) is 21.1. The molecule has 0 aliphatic carbocycles. The average Bonchev–Trinajstić information content (AvgIpc) is 3.11. The Hall–Kier alpha value is -2.49. The van der Waals surface area contributed by atoms with Crippen LogP contribution in [0.2, 0.25) is 0 Å². The molecule has 2 aromatic carbocycles. The summed E-state index contributed by atoms with van der Waals surface area (Å²) >= 11 is 0. The summed E-state index contributed by atoms with van der Waals surface area (Å²) in [5, 5.41) is 3.44. The number of halogens is 1. The molecule has 31 heavy (non-hydrogen) atoms. The van der Waals surface area contributed by atoms with Crippen LogP contribution in [-0.2, 0) is 26.6 Å². The van der Waals surface area contributed by atoms with Gasteiger partial charge < -0.3 is 24.3 Å². The molecular weight excluding hydrogens is 505 g/mol. The number of aryl methyl sites for hydroxylation is 1. The quantitative estimate of drug-likeness (QED) is 0.307. The van der Waals surface area contributed by atoms with Gasteiger partial charge in [-0.3, -0.25) is 0 Å². The van der Waals surface area contributed by atoms with E-state index in [9.17, 15) is 0 Å². The topological polar surface area (TPSA) is 63.9 Å². The fourth-order valence-corrected chi connectivity index (χ4v) is 3.97. The van der Waals surface area contributed by atoms with Crippen LogP contribution in [0.5, 0.6) is 11.5 Å². The third-order valence-corrected chi connectivity index (χ3v) is 5.60. The molecule has 166 valence electrons. The number of aliphatic imine (C=N–C) groups is 1. The van der Waals surface area contributed by atoms with Crippen LogP contribution < -0.4 is 14.8 Å². The Balaban J connectivity index is 0.00000272. The van der Waals surface area contributed by atoms with E-state index < -0.39 is 0 Å². The second-order valence-corrected chi connectivity index (χ2v) is 7.39. The molecule has 2 heterocycles. The number of guanidine groups is 1. The molecule has 4 rings (SSSR count). The lowest BCUT2D eigenvalue weighted by atomic mass is 9.99. The molecule has 3 aromatic rings. The summed E-state index contributed by atoms with van der Waals surface area (Å²) in [7, 11) is 5.40. The van der Waals surface area contributed by atoms with Crippen LogP contribution in [0.3, 0.4) is 0 Å². The highest BCUT2D eigenvalue weighted by Crippen LogP contribution is 2.33. The molecule has 0 unspecified atom stereocenters. The molecule has 8 heteroatoms. The van der Waals surface area contributed by atoms with Gasteiger partial charge in [-0.1, -0.05) is 12.1 Å². The van der Waals surface area contributed by atoms with E-state index in [-0.39, 0.29) is 24.0 Å². The minimum absolute atomic E-state index is 0. The lowest BCUT2D eigenvalue weighted by Crippen LogP contribution is -2.44. The van der Waals surface area contributed by atoms with E-state index in [4.69, 9.17) is 19.5 Å². The van der Waals surface area contributed by atoms with Gasteiger partial charge in [0, 0.05) is 26.7 Å². The molecule has 0 saturated carbocycles. The standard InChI is InChI=1S/C23H29N5O2.HI/c1-5-24-23(25-14-22-26-18-8-6-7-9-19(18)27(22)2)28-11-10-16-12-20(29-3)21(30-4)13-17(16)15-28;/h6-9,12-13H,5,10-11,14-15H2,1-4H3,(H,24,25);1H. The zero-order valence-corrected chi connectivity index (χ0v) is 20.8. The lowest BCUT2D eigenvalue weighted by molar-refractivity contribution is 0.346. The Kier molecular flexibility index (Phi) is 7.64. The fraction of sp³-hybridized carbons (Fsp3) is 0.391. The molecule has 0 radical (unpaired) electrons. The van der Waals surface area contributed by atoms with Gasteiger partial charge in [-0.2, -0.15) is 0 Å². The van der Waals surface area contributed by atoms with Crippen molar-refractivity contribution >= 4 is 41.0 Å². The first kappa shape index (κ1) is 23.2. The van der Waals surface area contributed by atoms with Gasteiger partial charge in [0.1, 0.15) is 12.4 Å². The smallest absolute Gasteiger partial charge is 0.194 e. The third-order valence-electron chi connectivity index (χ3n) is 5.60. The van der Waals surface area contributed by atoms with Crippen LogP contribution in [0, 0.1) is 0 Å². The highest BCUT2D eigenvalue weighted by atomic mass is 127. The summed E-state index contributed by atoms with van der Waals surface area (Å²) in [5.41, 5.74) is 4.67. The first-order valence-electron chi connectivity index (χ1n) is 10.3. The van der Waals surface area contributed by atoms with Crippen molar-refractivity contribution in [1.82, 2.24) is 19.8 Å². The van der Waals surface area contributed by atoms with E-state index in [0.717, 1.165) is 60.4 Å². The minimum Gasteiger partial charge on any atom is -0.493 e. The van der Waals surface area contributed by atoms with Crippen molar-refractivity contribution < 1.29 is 9.47 Å². The number of para-hydroxylation sites is 2. The van der Waals surface area contributed by atoms with Gasteiger partial charge in [0.15, 0.2) is 17.5 Å². The van der Waals surface area contributed by atoms with Crippen LogP contribution in [-0.4, -0.2) is 47.7 Å². The Morgan fingerprint density at radius 2 is 1.84 bits per heavy atom. The second kappa shape index (κ2) is 10.2. The van der Waals surface area contributed by atoms with Crippen molar-refractivity contribution in [2.24, 2.45) is 12.0 Å². The monoisotopic (exact) mass is 535 g/mol. The van der Waals surface area contributed by atoms with Crippen LogP contribution in [0.1, 0.15) is 23.9 Å². The van der Waals surface area contributed by atoms with Gasteiger partial charge in [0.05, 0.1) is 25.3 Å². The molecule has 0 amide bonds. The lowest BCUT2D eigenvalue weighted by Gasteiger charge is -2.32. The van der Waals surface area contributed by atoms with Crippen molar-refractivity contribution in [2.45, 2.75) is 26.4 Å². The second-order valence-electron chi connectivity index (χ2n) is 7.39. The van der Waals surface area contributed by atoms with Crippen molar-refractivity contribution in [1.29, 1.82) is 0 Å². The number of nitrogens with one attached hydrogen (secondary N) is 1. The first-order valence-corrected chi connectivity index (χ1v) is 10.3. The predicted octanol–water partition coefficient (Wildman–Crippen LogP) is 3.73.